The second-order valence-electron chi connectivity index (χ2n) is 5.52. The highest BCUT2D eigenvalue weighted by atomic mass is 31.3. The standard InChI is InChI=1S/C11H20N4O11P2/c12-2-4-23-27(19,20)26-28(21,22)24-5-6-8(16)9(17)10(25-6)15-3-1-7(13)14-11(15)18/h1,3,6,8-10,16-17H,2,4-5,12H2,(H,19,20)(H,21,22)(H2,13,14,18)/t6-,8-,9-,10-/m1/s1. The zero-order valence-corrected chi connectivity index (χ0v) is 16.0. The first-order valence-corrected chi connectivity index (χ1v) is 10.7. The predicted octanol–water partition coefficient (Wildman–Crippen LogP) is -2.35. The summed E-state index contributed by atoms with van der Waals surface area (Å²) < 4.78 is 42.2. The van der Waals surface area contributed by atoms with E-state index in [0.717, 1.165) is 4.57 Å². The molecule has 160 valence electrons. The lowest BCUT2D eigenvalue weighted by Crippen LogP contribution is -2.36. The van der Waals surface area contributed by atoms with E-state index in [1.54, 1.807) is 0 Å². The Bertz CT molecular complexity index is 835. The fraction of sp³-hybridized carbons (Fsp3) is 0.636. The second kappa shape index (κ2) is 9.07. The molecule has 0 aliphatic carbocycles. The van der Waals surface area contributed by atoms with Gasteiger partial charge >= 0.3 is 21.3 Å². The molecule has 1 aliphatic rings. The molecule has 2 unspecified atom stereocenters. The van der Waals surface area contributed by atoms with Crippen molar-refractivity contribution in [1.29, 1.82) is 0 Å². The van der Waals surface area contributed by atoms with Crippen LogP contribution >= 0.6 is 15.6 Å². The van der Waals surface area contributed by atoms with Crippen LogP contribution in [-0.2, 0) is 27.2 Å². The van der Waals surface area contributed by atoms with Crippen molar-refractivity contribution in [2.75, 3.05) is 25.5 Å². The van der Waals surface area contributed by atoms with E-state index >= 15 is 0 Å². The lowest BCUT2D eigenvalue weighted by Gasteiger charge is -2.19. The van der Waals surface area contributed by atoms with E-state index in [2.05, 4.69) is 18.3 Å². The number of nitrogens with two attached hydrogens (primary N) is 2. The zero-order valence-electron chi connectivity index (χ0n) is 14.2. The van der Waals surface area contributed by atoms with Gasteiger partial charge in [0.1, 0.15) is 24.1 Å². The van der Waals surface area contributed by atoms with Gasteiger partial charge in [-0.25, -0.2) is 13.9 Å². The number of nitrogen functional groups attached to an aromatic ring is 1. The lowest BCUT2D eigenvalue weighted by molar-refractivity contribution is -0.0542. The number of aliphatic hydroxyl groups is 2. The molecule has 1 saturated heterocycles. The second-order valence-corrected chi connectivity index (χ2v) is 8.57. The van der Waals surface area contributed by atoms with Crippen molar-refractivity contribution in [1.82, 2.24) is 9.55 Å². The Hall–Kier alpha value is -1.22. The maximum atomic E-state index is 11.8. The first-order valence-electron chi connectivity index (χ1n) is 7.68. The van der Waals surface area contributed by atoms with E-state index < -0.39 is 59.1 Å². The van der Waals surface area contributed by atoms with Gasteiger partial charge in [0.15, 0.2) is 6.23 Å². The van der Waals surface area contributed by atoms with Crippen molar-refractivity contribution in [3.8, 4) is 0 Å². The van der Waals surface area contributed by atoms with Crippen molar-refractivity contribution in [2.45, 2.75) is 24.5 Å². The summed E-state index contributed by atoms with van der Waals surface area (Å²) in [4.78, 5) is 34.1. The Balaban J connectivity index is 2.02. The number of hydrogen-bond donors (Lipinski definition) is 6. The van der Waals surface area contributed by atoms with E-state index in [4.69, 9.17) is 16.2 Å². The molecule has 28 heavy (non-hydrogen) atoms. The molecule has 2 heterocycles. The summed E-state index contributed by atoms with van der Waals surface area (Å²) in [5.41, 5.74) is 9.56. The summed E-state index contributed by atoms with van der Waals surface area (Å²) in [6, 6.07) is 1.25. The molecule has 0 spiro atoms. The van der Waals surface area contributed by atoms with Crippen LogP contribution in [0.1, 0.15) is 6.23 Å². The molecule has 0 radical (unpaired) electrons. The lowest BCUT2D eigenvalue weighted by atomic mass is 10.1. The van der Waals surface area contributed by atoms with Gasteiger partial charge in [0.05, 0.1) is 13.2 Å². The fourth-order valence-electron chi connectivity index (χ4n) is 2.23. The van der Waals surface area contributed by atoms with Gasteiger partial charge < -0.3 is 36.2 Å². The number of anilines is 1. The van der Waals surface area contributed by atoms with Crippen LogP contribution in [0, 0.1) is 0 Å². The first kappa shape index (κ1) is 23.1. The minimum absolute atomic E-state index is 0.0715. The summed E-state index contributed by atoms with van der Waals surface area (Å²) in [5.74, 6) is -0.0715. The minimum Gasteiger partial charge on any atom is -0.387 e. The highest BCUT2D eigenvalue weighted by Gasteiger charge is 2.46. The Morgan fingerprint density at radius 3 is 2.46 bits per heavy atom. The topological polar surface area (TPSA) is 239 Å². The van der Waals surface area contributed by atoms with E-state index in [-0.39, 0.29) is 12.4 Å². The van der Waals surface area contributed by atoms with E-state index in [1.807, 2.05) is 0 Å². The number of hydrogen-bond acceptors (Lipinski definition) is 12. The predicted molar refractivity (Wildman–Crippen MR) is 90.5 cm³/mol. The van der Waals surface area contributed by atoms with Crippen LogP contribution in [0.2, 0.25) is 0 Å². The molecule has 17 heteroatoms. The molecule has 8 N–H and O–H groups in total. The fourth-order valence-corrected chi connectivity index (χ4v) is 4.32. The third kappa shape index (κ3) is 5.89. The summed E-state index contributed by atoms with van der Waals surface area (Å²) >= 11 is 0. The average Bonchev–Trinajstić information content (AvgIpc) is 2.86. The van der Waals surface area contributed by atoms with Crippen molar-refractivity contribution in [3.05, 3.63) is 22.7 Å². The number of nitrogens with zero attached hydrogens (tertiary/aromatic N) is 2. The number of phosphoric acid groups is 2. The van der Waals surface area contributed by atoms with Gasteiger partial charge in [0.25, 0.3) is 0 Å². The van der Waals surface area contributed by atoms with Crippen LogP contribution in [0.5, 0.6) is 0 Å². The van der Waals surface area contributed by atoms with Crippen LogP contribution in [0.4, 0.5) is 5.82 Å². The van der Waals surface area contributed by atoms with Crippen molar-refractivity contribution in [3.63, 3.8) is 0 Å². The van der Waals surface area contributed by atoms with Gasteiger partial charge in [-0.2, -0.15) is 9.29 Å². The molecule has 6 atom stereocenters. The zero-order chi connectivity index (χ0) is 21.1. The molecule has 0 amide bonds. The molecule has 0 saturated carbocycles. The van der Waals surface area contributed by atoms with Gasteiger partial charge in [-0.3, -0.25) is 13.6 Å². The number of ether oxygens (including phenoxy) is 1. The Morgan fingerprint density at radius 1 is 1.21 bits per heavy atom. The summed E-state index contributed by atoms with van der Waals surface area (Å²) in [6.45, 7) is -1.40. The molecule has 0 aromatic carbocycles. The monoisotopic (exact) mass is 446 g/mol. The smallest absolute Gasteiger partial charge is 0.387 e. The Kier molecular flexibility index (Phi) is 7.47. The number of phosphoric ester groups is 2. The van der Waals surface area contributed by atoms with E-state index in [0.29, 0.717) is 0 Å². The molecule has 15 nitrogen and oxygen atoms in total. The molecule has 1 aromatic rings. The van der Waals surface area contributed by atoms with Gasteiger partial charge in [0.2, 0.25) is 0 Å². The average molecular weight is 446 g/mol. The maximum absolute atomic E-state index is 11.8. The summed E-state index contributed by atoms with van der Waals surface area (Å²) in [5, 5.41) is 20.1. The molecule has 1 aliphatic heterocycles. The number of aromatic nitrogens is 2. The van der Waals surface area contributed by atoms with Gasteiger partial charge in [-0.05, 0) is 6.07 Å². The summed E-state index contributed by atoms with van der Waals surface area (Å²) in [6.07, 6.45) is -4.86. The van der Waals surface area contributed by atoms with Crippen molar-refractivity contribution >= 4 is 21.5 Å². The van der Waals surface area contributed by atoms with E-state index in [1.165, 1.54) is 12.3 Å². The molecule has 1 fully saturated rings. The first-order chi connectivity index (χ1) is 13.0. The van der Waals surface area contributed by atoms with Crippen molar-refractivity contribution in [2.24, 2.45) is 5.73 Å². The quantitative estimate of drug-likeness (QED) is 0.218. The minimum atomic E-state index is -5.11. The van der Waals surface area contributed by atoms with Crippen LogP contribution in [-0.4, -0.2) is 67.6 Å². The van der Waals surface area contributed by atoms with Crippen LogP contribution in [0.25, 0.3) is 0 Å². The SMILES string of the molecule is NCCOP(=O)(O)OP(=O)(O)OC[C@H]1O[C@@H](n2ccc(N)nc2=O)[C@H](O)[C@@H]1O. The normalized spacial score (nSPS) is 29.3. The highest BCUT2D eigenvalue weighted by molar-refractivity contribution is 7.61. The Morgan fingerprint density at radius 2 is 1.86 bits per heavy atom. The largest absolute Gasteiger partial charge is 0.481 e. The number of rotatable bonds is 9. The van der Waals surface area contributed by atoms with E-state index in [9.17, 15) is 33.9 Å². The Labute approximate surface area is 157 Å². The van der Waals surface area contributed by atoms with Gasteiger partial charge in [0, 0.05) is 12.7 Å². The third-order valence-corrected chi connectivity index (χ3v) is 6.08. The van der Waals surface area contributed by atoms with Crippen LogP contribution in [0.3, 0.4) is 0 Å². The third-order valence-electron chi connectivity index (χ3n) is 3.44. The van der Waals surface area contributed by atoms with Crippen LogP contribution < -0.4 is 17.2 Å². The maximum Gasteiger partial charge on any atom is 0.481 e. The number of aliphatic hydroxyl groups excluding tert-OH is 2. The molecule has 0 bridgehead atoms. The van der Waals surface area contributed by atoms with Crippen molar-refractivity contribution < 1.29 is 47.2 Å². The van der Waals surface area contributed by atoms with Gasteiger partial charge in [-0.1, -0.05) is 0 Å². The molecular formula is C11H20N4O11P2. The highest BCUT2D eigenvalue weighted by Crippen LogP contribution is 2.60. The molecule has 1 aromatic heterocycles. The molecule has 2 rings (SSSR count). The molecular weight excluding hydrogens is 426 g/mol. The van der Waals surface area contributed by atoms with Crippen LogP contribution in [0.15, 0.2) is 17.1 Å². The van der Waals surface area contributed by atoms with Gasteiger partial charge in [-0.15, -0.1) is 0 Å². The summed E-state index contributed by atoms with van der Waals surface area (Å²) in [7, 11) is -10.0.